The van der Waals surface area contributed by atoms with Crippen molar-refractivity contribution in [3.8, 4) is 0 Å². The van der Waals surface area contributed by atoms with Crippen LogP contribution in [0.15, 0.2) is 0 Å². The van der Waals surface area contributed by atoms with Gasteiger partial charge in [0.1, 0.15) is 0 Å². The predicted molar refractivity (Wildman–Crippen MR) is 75.5 cm³/mol. The topological polar surface area (TPSA) is 91.8 Å². The van der Waals surface area contributed by atoms with E-state index in [1.54, 1.807) is 4.90 Å². The lowest BCUT2D eigenvalue weighted by molar-refractivity contribution is -0.160. The molecular formula is C14H21NO5S. The van der Waals surface area contributed by atoms with Crippen LogP contribution in [0.5, 0.6) is 0 Å². The Kier molecular flexibility index (Phi) is 3.50. The summed E-state index contributed by atoms with van der Waals surface area (Å²) in [7, 11) is -3.04. The van der Waals surface area contributed by atoms with Crippen LogP contribution < -0.4 is 0 Å². The lowest BCUT2D eigenvalue weighted by atomic mass is 9.66. The van der Waals surface area contributed by atoms with Gasteiger partial charge in [0.15, 0.2) is 9.84 Å². The minimum absolute atomic E-state index is 0.0232. The second-order valence-electron chi connectivity index (χ2n) is 6.70. The number of hydrogen-bond acceptors (Lipinski definition) is 4. The highest BCUT2D eigenvalue weighted by molar-refractivity contribution is 7.91. The van der Waals surface area contributed by atoms with E-state index in [1.807, 2.05) is 0 Å². The van der Waals surface area contributed by atoms with Crippen LogP contribution in [0.25, 0.3) is 0 Å². The molecular weight excluding hydrogens is 294 g/mol. The Morgan fingerprint density at radius 2 is 1.81 bits per heavy atom. The maximum atomic E-state index is 12.6. The van der Waals surface area contributed by atoms with Crippen LogP contribution in [0.2, 0.25) is 0 Å². The van der Waals surface area contributed by atoms with Gasteiger partial charge in [-0.25, -0.2) is 8.42 Å². The smallest absolute Gasteiger partial charge is 0.310 e. The molecule has 0 bridgehead atoms. The Hall–Kier alpha value is -1.11. The van der Waals surface area contributed by atoms with E-state index in [0.717, 1.165) is 19.3 Å². The van der Waals surface area contributed by atoms with Crippen LogP contribution >= 0.6 is 0 Å². The SMILES string of the molecule is O=C(CC1(C(=O)O)CCC1)N(C1CC1)C1CCS(=O)(=O)C1. The van der Waals surface area contributed by atoms with Crippen LogP contribution in [-0.4, -0.2) is 53.9 Å². The van der Waals surface area contributed by atoms with Gasteiger partial charge in [-0.05, 0) is 32.1 Å². The van der Waals surface area contributed by atoms with Crippen molar-refractivity contribution in [2.24, 2.45) is 5.41 Å². The lowest BCUT2D eigenvalue weighted by Crippen LogP contribution is -2.48. The van der Waals surface area contributed by atoms with Crippen LogP contribution in [-0.2, 0) is 19.4 Å². The molecule has 6 nitrogen and oxygen atoms in total. The second-order valence-corrected chi connectivity index (χ2v) is 8.93. The number of rotatable bonds is 5. The molecule has 21 heavy (non-hydrogen) atoms. The highest BCUT2D eigenvalue weighted by Gasteiger charge is 2.49. The van der Waals surface area contributed by atoms with E-state index < -0.39 is 21.2 Å². The first-order valence-corrected chi connectivity index (χ1v) is 9.40. The number of carboxylic acids is 1. The van der Waals surface area contributed by atoms with Crippen molar-refractivity contribution < 1.29 is 23.1 Å². The third-order valence-corrected chi connectivity index (χ3v) is 6.83. The zero-order valence-electron chi connectivity index (χ0n) is 12.0. The average Bonchev–Trinajstić information content (AvgIpc) is 3.08. The number of aliphatic carboxylic acids is 1. The molecule has 1 unspecified atom stereocenters. The third kappa shape index (κ3) is 2.80. The Balaban J connectivity index is 1.72. The molecule has 3 rings (SSSR count). The molecule has 2 aliphatic carbocycles. The van der Waals surface area contributed by atoms with Crippen molar-refractivity contribution in [2.45, 2.75) is 57.0 Å². The summed E-state index contributed by atoms with van der Waals surface area (Å²) in [5, 5.41) is 9.35. The quantitative estimate of drug-likeness (QED) is 0.810. The molecule has 0 aromatic heterocycles. The Morgan fingerprint density at radius 3 is 2.19 bits per heavy atom. The van der Waals surface area contributed by atoms with Gasteiger partial charge in [0, 0.05) is 18.5 Å². The highest BCUT2D eigenvalue weighted by Crippen LogP contribution is 2.45. The Morgan fingerprint density at radius 1 is 1.14 bits per heavy atom. The van der Waals surface area contributed by atoms with Crippen LogP contribution in [0.3, 0.4) is 0 Å². The predicted octanol–water partition coefficient (Wildman–Crippen LogP) is 0.810. The molecule has 1 saturated heterocycles. The zero-order chi connectivity index (χ0) is 15.3. The van der Waals surface area contributed by atoms with Crippen molar-refractivity contribution in [3.63, 3.8) is 0 Å². The molecule has 118 valence electrons. The number of amides is 1. The Labute approximate surface area is 124 Å². The number of nitrogens with zero attached hydrogens (tertiary/aromatic N) is 1. The molecule has 0 aromatic rings. The van der Waals surface area contributed by atoms with Crippen LogP contribution in [0.1, 0.15) is 44.9 Å². The van der Waals surface area contributed by atoms with E-state index in [1.165, 1.54) is 0 Å². The van der Waals surface area contributed by atoms with Crippen molar-refractivity contribution in [1.82, 2.24) is 4.90 Å². The highest BCUT2D eigenvalue weighted by atomic mass is 32.2. The Bertz CT molecular complexity index is 562. The summed E-state index contributed by atoms with van der Waals surface area (Å²) in [6.45, 7) is 0. The number of carbonyl (C=O) groups is 2. The summed E-state index contributed by atoms with van der Waals surface area (Å²) in [6.07, 6.45) is 4.27. The summed E-state index contributed by atoms with van der Waals surface area (Å²) in [5.74, 6) is -0.883. The normalized spacial score (nSPS) is 29.6. The van der Waals surface area contributed by atoms with Gasteiger partial charge >= 0.3 is 5.97 Å². The van der Waals surface area contributed by atoms with Gasteiger partial charge in [-0.3, -0.25) is 9.59 Å². The summed E-state index contributed by atoms with van der Waals surface area (Å²) in [5.41, 5.74) is -0.901. The maximum Gasteiger partial charge on any atom is 0.310 e. The van der Waals surface area contributed by atoms with E-state index in [-0.39, 0.29) is 35.9 Å². The van der Waals surface area contributed by atoms with Gasteiger partial charge in [-0.1, -0.05) is 6.42 Å². The van der Waals surface area contributed by atoms with Crippen molar-refractivity contribution in [1.29, 1.82) is 0 Å². The molecule has 2 saturated carbocycles. The van der Waals surface area contributed by atoms with Gasteiger partial charge in [-0.15, -0.1) is 0 Å². The summed E-state index contributed by atoms with van der Waals surface area (Å²) in [4.78, 5) is 25.7. The third-order valence-electron chi connectivity index (χ3n) is 5.08. The summed E-state index contributed by atoms with van der Waals surface area (Å²) < 4.78 is 23.3. The molecule has 1 atom stereocenters. The standard InChI is InChI=1S/C14H21NO5S/c16-12(8-14(13(17)18)5-1-6-14)15(10-2-3-10)11-4-7-21(19,20)9-11/h10-11H,1-9H2,(H,17,18). The largest absolute Gasteiger partial charge is 0.481 e. The lowest BCUT2D eigenvalue weighted by Gasteiger charge is -2.39. The van der Waals surface area contributed by atoms with Crippen LogP contribution in [0.4, 0.5) is 0 Å². The number of hydrogen-bond donors (Lipinski definition) is 1. The average molecular weight is 315 g/mol. The second kappa shape index (κ2) is 4.97. The van der Waals surface area contributed by atoms with E-state index in [2.05, 4.69) is 0 Å². The first kappa shape index (κ1) is 14.8. The van der Waals surface area contributed by atoms with E-state index in [9.17, 15) is 23.1 Å². The first-order valence-electron chi connectivity index (χ1n) is 7.58. The van der Waals surface area contributed by atoms with Crippen LogP contribution in [0, 0.1) is 5.41 Å². The van der Waals surface area contributed by atoms with Gasteiger partial charge in [0.25, 0.3) is 0 Å². The fourth-order valence-corrected chi connectivity index (χ4v) is 5.21. The van der Waals surface area contributed by atoms with Crippen molar-refractivity contribution >= 4 is 21.7 Å². The molecule has 1 heterocycles. The van der Waals surface area contributed by atoms with E-state index >= 15 is 0 Å². The maximum absolute atomic E-state index is 12.6. The molecule has 3 fully saturated rings. The van der Waals surface area contributed by atoms with Gasteiger partial charge < -0.3 is 10.0 Å². The minimum atomic E-state index is -3.04. The zero-order valence-corrected chi connectivity index (χ0v) is 12.8. The number of carbonyl (C=O) groups excluding carboxylic acids is 1. The number of sulfone groups is 1. The fourth-order valence-electron chi connectivity index (χ4n) is 3.50. The van der Waals surface area contributed by atoms with Crippen molar-refractivity contribution in [3.05, 3.63) is 0 Å². The summed E-state index contributed by atoms with van der Waals surface area (Å²) in [6, 6.07) is -0.123. The molecule has 0 radical (unpaired) electrons. The molecule has 1 N–H and O–H groups in total. The molecule has 3 aliphatic rings. The van der Waals surface area contributed by atoms with Gasteiger partial charge in [0.05, 0.1) is 16.9 Å². The molecule has 0 aromatic carbocycles. The monoisotopic (exact) mass is 315 g/mol. The first-order chi connectivity index (χ1) is 9.83. The molecule has 7 heteroatoms. The summed E-state index contributed by atoms with van der Waals surface area (Å²) >= 11 is 0. The molecule has 1 amide bonds. The molecule has 0 spiro atoms. The van der Waals surface area contributed by atoms with E-state index in [4.69, 9.17) is 0 Å². The molecule has 1 aliphatic heterocycles. The fraction of sp³-hybridized carbons (Fsp3) is 0.857. The number of carboxylic acid groups (broad SMARTS) is 1. The van der Waals surface area contributed by atoms with Crippen molar-refractivity contribution in [2.75, 3.05) is 11.5 Å². The minimum Gasteiger partial charge on any atom is -0.481 e. The van der Waals surface area contributed by atoms with Gasteiger partial charge in [0.2, 0.25) is 5.91 Å². The van der Waals surface area contributed by atoms with Gasteiger partial charge in [-0.2, -0.15) is 0 Å². The van der Waals surface area contributed by atoms with E-state index in [0.29, 0.717) is 19.3 Å².